The van der Waals surface area contributed by atoms with Crippen LogP contribution in [0.25, 0.3) is 0 Å². The predicted molar refractivity (Wildman–Crippen MR) is 81.3 cm³/mol. The number of rotatable bonds is 5. The van der Waals surface area contributed by atoms with E-state index in [0.29, 0.717) is 24.4 Å². The smallest absolute Gasteiger partial charge is 0.251 e. The van der Waals surface area contributed by atoms with Gasteiger partial charge in [0.15, 0.2) is 5.82 Å². The van der Waals surface area contributed by atoms with E-state index in [0.717, 1.165) is 18.4 Å². The lowest BCUT2D eigenvalue weighted by Crippen LogP contribution is -2.32. The van der Waals surface area contributed by atoms with Gasteiger partial charge in [0.05, 0.1) is 6.10 Å². The number of ether oxygens (including phenoxy) is 1. The summed E-state index contributed by atoms with van der Waals surface area (Å²) in [6.07, 6.45) is 3.60. The van der Waals surface area contributed by atoms with Crippen molar-refractivity contribution in [2.45, 2.75) is 38.4 Å². The fourth-order valence-electron chi connectivity index (χ4n) is 2.80. The summed E-state index contributed by atoms with van der Waals surface area (Å²) >= 11 is 0. The summed E-state index contributed by atoms with van der Waals surface area (Å²) in [5, 5.41) is 9.44. The van der Waals surface area contributed by atoms with E-state index >= 15 is 0 Å². The van der Waals surface area contributed by atoms with Crippen LogP contribution in [-0.4, -0.2) is 33.7 Å². The number of amides is 1. The lowest BCUT2D eigenvalue weighted by molar-refractivity contribution is 0.0392. The fourth-order valence-corrected chi connectivity index (χ4v) is 2.80. The molecule has 0 spiro atoms. The Labute approximate surface area is 133 Å². The third kappa shape index (κ3) is 3.56. The first kappa shape index (κ1) is 15.6. The number of halogens is 1. The van der Waals surface area contributed by atoms with E-state index in [9.17, 15) is 9.18 Å². The Bertz CT molecular complexity index is 675. The average molecular weight is 318 g/mol. The third-order valence-corrected chi connectivity index (χ3v) is 4.03. The molecule has 1 saturated heterocycles. The van der Waals surface area contributed by atoms with Crippen molar-refractivity contribution in [1.82, 2.24) is 20.5 Å². The van der Waals surface area contributed by atoms with Gasteiger partial charge < -0.3 is 10.1 Å². The van der Waals surface area contributed by atoms with E-state index < -0.39 is 5.82 Å². The van der Waals surface area contributed by atoms with Crippen LogP contribution < -0.4 is 5.32 Å². The molecule has 1 aliphatic heterocycles. The number of H-pyrrole nitrogens is 1. The van der Waals surface area contributed by atoms with Crippen molar-refractivity contribution in [2.75, 3.05) is 6.54 Å². The molecule has 2 N–H and O–H groups in total. The number of carbonyl (C=O) groups excluding carboxylic acids is 1. The third-order valence-electron chi connectivity index (χ3n) is 4.03. The molecule has 0 radical (unpaired) electrons. The molecule has 0 unspecified atom stereocenters. The maximum atomic E-state index is 13.4. The first-order chi connectivity index (χ1) is 11.2. The molecule has 23 heavy (non-hydrogen) atoms. The van der Waals surface area contributed by atoms with Crippen molar-refractivity contribution >= 4 is 5.91 Å². The SMILES string of the molecule is CCc1ccc(F)cc1C(=O)NC[C@H]1CC[C@@H](c2ncn[nH]2)O1. The van der Waals surface area contributed by atoms with Crippen LogP contribution in [0.2, 0.25) is 0 Å². The van der Waals surface area contributed by atoms with Crippen molar-refractivity contribution in [2.24, 2.45) is 0 Å². The minimum Gasteiger partial charge on any atom is -0.365 e. The number of nitrogens with one attached hydrogen (secondary N) is 2. The highest BCUT2D eigenvalue weighted by Gasteiger charge is 2.28. The standard InChI is InChI=1S/C16H19FN4O2/c1-2-10-3-4-11(17)7-13(10)16(22)18-8-12-5-6-14(23-12)15-19-9-20-21-15/h3-4,7,9,12,14H,2,5-6,8H2,1H3,(H,18,22)(H,19,20,21)/t12-,14+/m1/s1. The summed E-state index contributed by atoms with van der Waals surface area (Å²) < 4.78 is 19.2. The number of aryl methyl sites for hydroxylation is 1. The summed E-state index contributed by atoms with van der Waals surface area (Å²) in [6.45, 7) is 2.33. The van der Waals surface area contributed by atoms with Crippen molar-refractivity contribution in [1.29, 1.82) is 0 Å². The monoisotopic (exact) mass is 318 g/mol. The van der Waals surface area contributed by atoms with Crippen LogP contribution in [0.5, 0.6) is 0 Å². The molecule has 122 valence electrons. The van der Waals surface area contributed by atoms with Gasteiger partial charge in [-0.25, -0.2) is 9.37 Å². The lowest BCUT2D eigenvalue weighted by atomic mass is 10.0. The molecule has 0 bridgehead atoms. The van der Waals surface area contributed by atoms with Gasteiger partial charge in [-0.05, 0) is 37.0 Å². The van der Waals surface area contributed by atoms with Gasteiger partial charge in [-0.2, -0.15) is 5.10 Å². The van der Waals surface area contributed by atoms with Crippen LogP contribution >= 0.6 is 0 Å². The number of hydrogen-bond acceptors (Lipinski definition) is 4. The summed E-state index contributed by atoms with van der Waals surface area (Å²) in [6, 6.07) is 4.30. The second-order valence-electron chi connectivity index (χ2n) is 5.56. The zero-order valence-electron chi connectivity index (χ0n) is 12.9. The van der Waals surface area contributed by atoms with Crippen molar-refractivity contribution < 1.29 is 13.9 Å². The van der Waals surface area contributed by atoms with Gasteiger partial charge in [0, 0.05) is 12.1 Å². The molecule has 1 amide bonds. The second-order valence-corrected chi connectivity index (χ2v) is 5.56. The van der Waals surface area contributed by atoms with Crippen LogP contribution in [0, 0.1) is 5.82 Å². The van der Waals surface area contributed by atoms with Gasteiger partial charge in [0.25, 0.3) is 5.91 Å². The van der Waals surface area contributed by atoms with Gasteiger partial charge in [-0.15, -0.1) is 0 Å². The second kappa shape index (κ2) is 6.87. The largest absolute Gasteiger partial charge is 0.365 e. The van der Waals surface area contributed by atoms with Crippen LogP contribution in [0.4, 0.5) is 4.39 Å². The van der Waals surface area contributed by atoms with E-state index in [1.165, 1.54) is 18.5 Å². The predicted octanol–water partition coefficient (Wildman–Crippen LogP) is 2.16. The number of aromatic nitrogens is 3. The molecule has 1 aliphatic rings. The van der Waals surface area contributed by atoms with E-state index in [2.05, 4.69) is 20.5 Å². The zero-order valence-corrected chi connectivity index (χ0v) is 12.9. The van der Waals surface area contributed by atoms with Crippen LogP contribution in [0.3, 0.4) is 0 Å². The van der Waals surface area contributed by atoms with E-state index in [4.69, 9.17) is 4.74 Å². The molecule has 7 heteroatoms. The molecule has 1 fully saturated rings. The molecule has 1 aromatic carbocycles. The highest BCUT2D eigenvalue weighted by atomic mass is 19.1. The Balaban J connectivity index is 1.57. The maximum absolute atomic E-state index is 13.4. The average Bonchev–Trinajstić information content (AvgIpc) is 3.23. The Kier molecular flexibility index (Phi) is 4.66. The maximum Gasteiger partial charge on any atom is 0.251 e. The van der Waals surface area contributed by atoms with Gasteiger partial charge in [-0.3, -0.25) is 9.89 Å². The highest BCUT2D eigenvalue weighted by Crippen LogP contribution is 2.30. The van der Waals surface area contributed by atoms with Crippen molar-refractivity contribution in [3.8, 4) is 0 Å². The topological polar surface area (TPSA) is 79.9 Å². The van der Waals surface area contributed by atoms with Crippen molar-refractivity contribution in [3.63, 3.8) is 0 Å². The normalized spacial score (nSPS) is 20.6. The lowest BCUT2D eigenvalue weighted by Gasteiger charge is -2.14. The molecule has 2 atom stereocenters. The minimum atomic E-state index is -0.408. The Hall–Kier alpha value is -2.28. The first-order valence-electron chi connectivity index (χ1n) is 7.74. The Morgan fingerprint density at radius 1 is 1.48 bits per heavy atom. The molecule has 3 rings (SSSR count). The molecule has 2 aromatic rings. The molecule has 6 nitrogen and oxygen atoms in total. The number of benzene rings is 1. The highest BCUT2D eigenvalue weighted by molar-refractivity contribution is 5.95. The summed E-state index contributed by atoms with van der Waals surface area (Å²) in [7, 11) is 0. The minimum absolute atomic E-state index is 0.0762. The summed E-state index contributed by atoms with van der Waals surface area (Å²) in [4.78, 5) is 16.4. The molecule has 1 aromatic heterocycles. The molecular formula is C16H19FN4O2. The molecule has 0 saturated carbocycles. The Morgan fingerprint density at radius 2 is 2.35 bits per heavy atom. The van der Waals surface area contributed by atoms with Crippen LogP contribution in [-0.2, 0) is 11.2 Å². The van der Waals surface area contributed by atoms with E-state index in [-0.39, 0.29) is 18.1 Å². The number of aromatic amines is 1. The van der Waals surface area contributed by atoms with Crippen LogP contribution in [0.1, 0.15) is 47.6 Å². The summed E-state index contributed by atoms with van der Waals surface area (Å²) in [5.74, 6) is 0.0279. The molecule has 2 heterocycles. The van der Waals surface area contributed by atoms with Gasteiger partial charge in [-0.1, -0.05) is 13.0 Å². The number of hydrogen-bond donors (Lipinski definition) is 2. The fraction of sp³-hybridized carbons (Fsp3) is 0.438. The van der Waals surface area contributed by atoms with Crippen LogP contribution in [0.15, 0.2) is 24.5 Å². The zero-order chi connectivity index (χ0) is 16.2. The van der Waals surface area contributed by atoms with Gasteiger partial charge in [0.1, 0.15) is 18.2 Å². The summed E-state index contributed by atoms with van der Waals surface area (Å²) in [5.41, 5.74) is 1.22. The van der Waals surface area contributed by atoms with Gasteiger partial charge in [0.2, 0.25) is 0 Å². The number of carbonyl (C=O) groups is 1. The van der Waals surface area contributed by atoms with Gasteiger partial charge >= 0.3 is 0 Å². The van der Waals surface area contributed by atoms with E-state index in [1.54, 1.807) is 6.07 Å². The van der Waals surface area contributed by atoms with Crippen molar-refractivity contribution in [3.05, 3.63) is 47.3 Å². The molecular weight excluding hydrogens is 299 g/mol. The Morgan fingerprint density at radius 3 is 3.09 bits per heavy atom. The number of nitrogens with zero attached hydrogens (tertiary/aromatic N) is 2. The quantitative estimate of drug-likeness (QED) is 0.885. The van der Waals surface area contributed by atoms with E-state index in [1.807, 2.05) is 6.92 Å². The molecule has 0 aliphatic carbocycles. The first-order valence-corrected chi connectivity index (χ1v) is 7.74.